The zero-order chi connectivity index (χ0) is 59.2. The van der Waals surface area contributed by atoms with E-state index >= 15 is 0 Å². The summed E-state index contributed by atoms with van der Waals surface area (Å²) in [5, 5.41) is 16.3. The summed E-state index contributed by atoms with van der Waals surface area (Å²) >= 11 is 0. The molecule has 81 heavy (non-hydrogen) atoms. The Balaban J connectivity index is 0.000000308. The lowest BCUT2D eigenvalue weighted by molar-refractivity contribution is -0.159. The molecule has 448 valence electrons. The second kappa shape index (κ2) is 28.3. The van der Waals surface area contributed by atoms with Gasteiger partial charge < -0.3 is 49.7 Å². The first-order valence-corrected chi connectivity index (χ1v) is 29.2. The number of amidine groups is 2. The molecule has 5 saturated heterocycles. The van der Waals surface area contributed by atoms with Crippen LogP contribution in [-0.4, -0.2) is 212 Å². The van der Waals surface area contributed by atoms with Gasteiger partial charge in [-0.1, -0.05) is 60.7 Å². The Morgan fingerprint density at radius 3 is 1.48 bits per heavy atom. The maximum atomic E-state index is 13.4. The minimum Gasteiger partial charge on any atom is -0.461 e. The minimum absolute atomic E-state index is 0.0743. The molecule has 26 heteroatoms. The highest BCUT2D eigenvalue weighted by Crippen LogP contribution is 2.31. The van der Waals surface area contributed by atoms with Gasteiger partial charge in [0.15, 0.2) is 0 Å². The lowest BCUT2D eigenvalue weighted by Crippen LogP contribution is -2.55. The molecule has 0 radical (unpaired) electrons. The molecule has 5 aliphatic heterocycles. The van der Waals surface area contributed by atoms with E-state index in [4.69, 9.17) is 54.9 Å². The average molecular weight is 1160 g/mol. The number of amides is 4. The number of benzene rings is 2. The van der Waals surface area contributed by atoms with Crippen molar-refractivity contribution in [2.24, 2.45) is 23.3 Å². The Labute approximate surface area is 474 Å². The van der Waals surface area contributed by atoms with Gasteiger partial charge in [-0.05, 0) is 90.2 Å². The molecular formula is C55H82N10O15S. The Hall–Kier alpha value is -6.77. The Morgan fingerprint density at radius 1 is 0.642 bits per heavy atom. The number of carbonyl (C=O) groups is 6. The predicted octanol–water partition coefficient (Wildman–Crippen LogP) is 4.36. The first-order chi connectivity index (χ1) is 38.1. The Morgan fingerprint density at radius 2 is 1.06 bits per heavy atom. The predicted molar refractivity (Wildman–Crippen MR) is 296 cm³/mol. The van der Waals surface area contributed by atoms with Crippen molar-refractivity contribution in [3.63, 3.8) is 0 Å². The van der Waals surface area contributed by atoms with E-state index in [-0.39, 0.29) is 68.9 Å². The number of hydrogen-bond donors (Lipinski definition) is 4. The lowest BCUT2D eigenvalue weighted by Gasteiger charge is -2.39. The van der Waals surface area contributed by atoms with E-state index in [1.165, 1.54) is 4.90 Å². The van der Waals surface area contributed by atoms with Crippen LogP contribution in [0.3, 0.4) is 0 Å². The molecule has 4 amide bonds. The number of nitrogens with one attached hydrogen (secondary N) is 2. The fourth-order valence-electron chi connectivity index (χ4n) is 10.4. The molecule has 0 spiro atoms. The number of likely N-dealkylation sites (tertiary alicyclic amines) is 2. The molecule has 0 aliphatic carbocycles. The molecule has 5 heterocycles. The van der Waals surface area contributed by atoms with Crippen molar-refractivity contribution in [3.8, 4) is 0 Å². The molecule has 0 aromatic heterocycles. The summed E-state index contributed by atoms with van der Waals surface area (Å²) in [4.78, 5) is 86.8. The van der Waals surface area contributed by atoms with Gasteiger partial charge in [-0.3, -0.25) is 44.2 Å². The van der Waals surface area contributed by atoms with Crippen molar-refractivity contribution in [3.05, 3.63) is 71.8 Å². The van der Waals surface area contributed by atoms with E-state index in [9.17, 15) is 37.2 Å². The van der Waals surface area contributed by atoms with E-state index < -0.39 is 81.9 Å². The van der Waals surface area contributed by atoms with Gasteiger partial charge in [0.25, 0.3) is 10.1 Å². The third-order valence-electron chi connectivity index (χ3n) is 14.3. The number of ether oxygens (including phenoxy) is 6. The Bertz CT molecular complexity index is 2600. The van der Waals surface area contributed by atoms with Gasteiger partial charge >= 0.3 is 36.3 Å². The van der Waals surface area contributed by atoms with E-state index in [2.05, 4.69) is 4.90 Å². The van der Waals surface area contributed by atoms with Crippen LogP contribution in [0.15, 0.2) is 60.7 Å². The summed E-state index contributed by atoms with van der Waals surface area (Å²) in [5.41, 5.74) is 12.4. The molecule has 2 aromatic rings. The van der Waals surface area contributed by atoms with Crippen LogP contribution in [0.2, 0.25) is 0 Å². The summed E-state index contributed by atoms with van der Waals surface area (Å²) < 4.78 is 60.0. The van der Waals surface area contributed by atoms with Crippen molar-refractivity contribution in [1.82, 2.24) is 29.4 Å². The van der Waals surface area contributed by atoms with Crippen molar-refractivity contribution < 1.29 is 69.8 Å². The Kier molecular flexibility index (Phi) is 22.1. The molecule has 5 unspecified atom stereocenters. The van der Waals surface area contributed by atoms with Crippen LogP contribution in [0, 0.1) is 22.7 Å². The van der Waals surface area contributed by atoms with Crippen LogP contribution in [0.4, 0.5) is 19.2 Å². The van der Waals surface area contributed by atoms with Crippen LogP contribution in [0.1, 0.15) is 84.8 Å². The van der Waals surface area contributed by atoms with Crippen LogP contribution in [-0.2, 0) is 65.5 Å². The first kappa shape index (κ1) is 63.4. The highest BCUT2D eigenvalue weighted by molar-refractivity contribution is 7.86. The van der Waals surface area contributed by atoms with Crippen LogP contribution < -0.4 is 11.5 Å². The van der Waals surface area contributed by atoms with E-state index in [0.29, 0.717) is 84.6 Å². The lowest BCUT2D eigenvalue weighted by atomic mass is 9.88. The SMILES string of the molecule is CC(C)(C)OC(=O)N1CCC(C(C(=N)N)N2CC(CN3CCN(C(CC(=O)OCc4ccccc4)C(=O)OCc4ccccc4)CC3)OC2=O)CC1.CC(C)(C)OC(=O)N1CCC(C(C(=N)N)N2CC(COS(C)(=O)=O)OC2=O)CC1. The van der Waals surface area contributed by atoms with Gasteiger partial charge in [0.2, 0.25) is 0 Å². The molecule has 5 fully saturated rings. The molecule has 7 rings (SSSR count). The minimum atomic E-state index is -3.66. The molecule has 0 bridgehead atoms. The van der Waals surface area contributed by atoms with Crippen LogP contribution in [0.25, 0.3) is 0 Å². The number of rotatable bonds is 19. The normalized spacial score (nSPS) is 20.9. The summed E-state index contributed by atoms with van der Waals surface area (Å²) in [6.07, 6.45) is -0.118. The van der Waals surface area contributed by atoms with Crippen molar-refractivity contribution in [1.29, 1.82) is 10.8 Å². The third kappa shape index (κ3) is 19.7. The molecule has 5 aliphatic rings. The quantitative estimate of drug-likeness (QED) is 0.0499. The smallest absolute Gasteiger partial charge is 0.410 e. The van der Waals surface area contributed by atoms with Gasteiger partial charge in [-0.25, -0.2) is 19.2 Å². The molecule has 25 nitrogen and oxygen atoms in total. The summed E-state index contributed by atoms with van der Waals surface area (Å²) in [7, 11) is -3.66. The highest BCUT2D eigenvalue weighted by atomic mass is 32.2. The van der Waals surface area contributed by atoms with Gasteiger partial charge in [-0.2, -0.15) is 8.42 Å². The number of nitrogens with zero attached hydrogens (tertiary/aromatic N) is 6. The van der Waals surface area contributed by atoms with Gasteiger partial charge in [0, 0.05) is 58.9 Å². The third-order valence-corrected chi connectivity index (χ3v) is 14.8. The van der Waals surface area contributed by atoms with E-state index in [0.717, 1.165) is 17.4 Å². The van der Waals surface area contributed by atoms with Crippen molar-refractivity contribution in [2.45, 2.75) is 128 Å². The summed E-state index contributed by atoms with van der Waals surface area (Å²) in [6, 6.07) is 16.6. The number of nitrogens with two attached hydrogens (primary N) is 2. The number of hydrogen-bond acceptors (Lipinski definition) is 19. The van der Waals surface area contributed by atoms with Crippen molar-refractivity contribution >= 4 is 58.1 Å². The standard InChI is InChI=1S/C38H52N6O8.C17H30N4O7S/c1-38(2,3)52-36(47)43-16-14-29(15-17-43)33(34(39)40)44-24-30(51-37(44)48)23-41-18-20-42(21-19-41)31(35(46)50-26-28-12-8-5-9-13-28)22-32(45)49-25-27-10-6-4-7-11-27;1-17(2,3)28-15(22)20-7-5-11(6-8-20)13(14(18)19)21-9-12(27-16(21)23)10-26-29(4,24)25/h4-13,29-31,33H,14-26H2,1-3H3,(H3,39,40);11-13H,5-10H2,1-4H3,(H3,18,19). The van der Waals surface area contributed by atoms with Crippen molar-refractivity contribution in [2.75, 3.05) is 84.9 Å². The number of esters is 2. The second-order valence-corrected chi connectivity index (χ2v) is 24.7. The van der Waals surface area contributed by atoms with E-state index in [1.807, 2.05) is 86.3 Å². The summed E-state index contributed by atoms with van der Waals surface area (Å²) in [6.45, 7) is 15.5. The monoisotopic (exact) mass is 1150 g/mol. The van der Waals surface area contributed by atoms with Gasteiger partial charge in [0.05, 0.1) is 37.8 Å². The number of piperidine rings is 2. The molecule has 2 aromatic carbocycles. The molecule has 0 saturated carbocycles. The van der Waals surface area contributed by atoms with E-state index in [1.54, 1.807) is 35.5 Å². The molecular weight excluding hydrogens is 1070 g/mol. The van der Waals surface area contributed by atoms with Gasteiger partial charge in [-0.15, -0.1) is 0 Å². The zero-order valence-electron chi connectivity index (χ0n) is 47.6. The molecule has 5 atom stereocenters. The number of cyclic esters (lactones) is 2. The highest BCUT2D eigenvalue weighted by Gasteiger charge is 2.45. The maximum absolute atomic E-state index is 13.4. The van der Waals surface area contributed by atoms with Crippen LogP contribution >= 0.6 is 0 Å². The largest absolute Gasteiger partial charge is 0.461 e. The fourth-order valence-corrected chi connectivity index (χ4v) is 10.8. The second-order valence-electron chi connectivity index (χ2n) is 23.0. The average Bonchev–Trinajstić information content (AvgIpc) is 4.01. The topological polar surface area (TPSA) is 320 Å². The fraction of sp³-hybridized carbons (Fsp3) is 0.636. The first-order valence-electron chi connectivity index (χ1n) is 27.4. The number of carbonyl (C=O) groups excluding carboxylic acids is 6. The van der Waals surface area contributed by atoms with Crippen LogP contribution in [0.5, 0.6) is 0 Å². The number of piperazine rings is 1. The molecule has 6 N–H and O–H groups in total. The maximum Gasteiger partial charge on any atom is 0.410 e. The van der Waals surface area contributed by atoms with Gasteiger partial charge in [0.1, 0.15) is 60.9 Å². The zero-order valence-corrected chi connectivity index (χ0v) is 48.4. The summed E-state index contributed by atoms with van der Waals surface area (Å²) in [5.74, 6) is -1.47.